The molecule has 2 heterocycles. The van der Waals surface area contributed by atoms with Gasteiger partial charge in [0, 0.05) is 17.5 Å². The van der Waals surface area contributed by atoms with Crippen LogP contribution < -0.4 is 0 Å². The maximum absolute atomic E-state index is 13.3. The Hall–Kier alpha value is -0.990. The van der Waals surface area contributed by atoms with Crippen LogP contribution in [-0.4, -0.2) is 38.5 Å². The summed E-state index contributed by atoms with van der Waals surface area (Å²) in [5.41, 5.74) is 0.696. The fourth-order valence-electron chi connectivity index (χ4n) is 2.66. The predicted molar refractivity (Wildman–Crippen MR) is 93.5 cm³/mol. The van der Waals surface area contributed by atoms with E-state index >= 15 is 0 Å². The van der Waals surface area contributed by atoms with Crippen molar-refractivity contribution in [1.82, 2.24) is 4.31 Å². The number of thiophene rings is 1. The van der Waals surface area contributed by atoms with Gasteiger partial charge in [-0.1, -0.05) is 24.6 Å². The predicted octanol–water partition coefficient (Wildman–Crippen LogP) is 4.01. The Labute approximate surface area is 149 Å². The first-order chi connectivity index (χ1) is 11.4. The Kier molecular flexibility index (Phi) is 5.27. The highest BCUT2D eigenvalue weighted by Crippen LogP contribution is 2.35. The van der Waals surface area contributed by atoms with Gasteiger partial charge in [-0.2, -0.15) is 4.31 Å². The van der Waals surface area contributed by atoms with Gasteiger partial charge in [-0.25, -0.2) is 12.8 Å². The van der Waals surface area contributed by atoms with Gasteiger partial charge in [-0.3, -0.25) is 0 Å². The summed E-state index contributed by atoms with van der Waals surface area (Å²) < 4.78 is 46.3. The number of rotatable bonds is 4. The Morgan fingerprint density at radius 2 is 2.17 bits per heavy atom. The molecule has 8 heteroatoms. The largest absolute Gasteiger partial charge is 0.378 e. The smallest absolute Gasteiger partial charge is 0.252 e. The molecule has 4 nitrogen and oxygen atoms in total. The molecule has 1 aliphatic rings. The van der Waals surface area contributed by atoms with Crippen LogP contribution in [0.3, 0.4) is 0 Å². The summed E-state index contributed by atoms with van der Waals surface area (Å²) in [6.45, 7) is 3.13. The second-order valence-electron chi connectivity index (χ2n) is 5.50. The molecular weight excluding hydrogens is 373 g/mol. The molecule has 1 saturated heterocycles. The average molecular weight is 390 g/mol. The molecular formula is C16H17ClFNO3S2. The van der Waals surface area contributed by atoms with Gasteiger partial charge in [0.15, 0.2) is 0 Å². The number of benzene rings is 1. The zero-order valence-corrected chi connectivity index (χ0v) is 15.4. The number of sulfonamides is 1. The first-order valence-electron chi connectivity index (χ1n) is 7.58. The van der Waals surface area contributed by atoms with E-state index in [1.165, 1.54) is 16.4 Å². The van der Waals surface area contributed by atoms with Crippen LogP contribution in [0.2, 0.25) is 5.02 Å². The van der Waals surface area contributed by atoms with E-state index in [9.17, 15) is 12.8 Å². The highest BCUT2D eigenvalue weighted by molar-refractivity contribution is 7.91. The first kappa shape index (κ1) is 17.8. The number of hydrogen-bond acceptors (Lipinski definition) is 4. The van der Waals surface area contributed by atoms with E-state index in [1.54, 1.807) is 18.2 Å². The van der Waals surface area contributed by atoms with Gasteiger partial charge in [0.05, 0.1) is 18.2 Å². The summed E-state index contributed by atoms with van der Waals surface area (Å²) in [5.74, 6) is -0.496. The van der Waals surface area contributed by atoms with E-state index in [0.717, 1.165) is 16.2 Å². The molecule has 0 N–H and O–H groups in total. The van der Waals surface area contributed by atoms with E-state index in [2.05, 4.69) is 0 Å². The third kappa shape index (κ3) is 3.36. The molecule has 0 spiro atoms. The lowest BCUT2D eigenvalue weighted by Gasteiger charge is -2.33. The fraction of sp³-hybridized carbons (Fsp3) is 0.375. The quantitative estimate of drug-likeness (QED) is 0.793. The lowest BCUT2D eigenvalue weighted by molar-refractivity contribution is 0.0315. The fourth-order valence-corrected chi connectivity index (χ4v) is 5.94. The van der Waals surface area contributed by atoms with Gasteiger partial charge in [-0.15, -0.1) is 11.3 Å². The molecule has 3 rings (SSSR count). The van der Waals surface area contributed by atoms with Gasteiger partial charge in [0.25, 0.3) is 10.0 Å². The van der Waals surface area contributed by atoms with Gasteiger partial charge >= 0.3 is 0 Å². The van der Waals surface area contributed by atoms with Crippen LogP contribution in [0, 0.1) is 5.82 Å². The Morgan fingerprint density at radius 1 is 1.38 bits per heavy atom. The van der Waals surface area contributed by atoms with Crippen molar-refractivity contribution < 1.29 is 17.5 Å². The number of nitrogens with zero attached hydrogens (tertiary/aromatic N) is 1. The van der Waals surface area contributed by atoms with Crippen LogP contribution in [0.15, 0.2) is 34.5 Å². The summed E-state index contributed by atoms with van der Waals surface area (Å²) >= 11 is 6.97. The molecule has 0 aliphatic carbocycles. The number of hydrogen-bond donors (Lipinski definition) is 0. The summed E-state index contributed by atoms with van der Waals surface area (Å²) in [6, 6.07) is 7.54. The molecule has 24 heavy (non-hydrogen) atoms. The molecule has 1 aromatic carbocycles. The Morgan fingerprint density at radius 3 is 2.88 bits per heavy atom. The van der Waals surface area contributed by atoms with Gasteiger partial charge in [-0.05, 0) is 36.2 Å². The van der Waals surface area contributed by atoms with Crippen molar-refractivity contribution in [2.45, 2.75) is 23.6 Å². The molecule has 0 saturated carbocycles. The van der Waals surface area contributed by atoms with Gasteiger partial charge < -0.3 is 4.74 Å². The van der Waals surface area contributed by atoms with E-state index < -0.39 is 15.8 Å². The topological polar surface area (TPSA) is 46.6 Å². The minimum Gasteiger partial charge on any atom is -0.378 e. The van der Waals surface area contributed by atoms with Crippen molar-refractivity contribution in [3.63, 3.8) is 0 Å². The number of halogens is 2. The highest BCUT2D eigenvalue weighted by Gasteiger charge is 2.34. The van der Waals surface area contributed by atoms with Gasteiger partial charge in [0.2, 0.25) is 0 Å². The molecule has 1 fully saturated rings. The molecule has 1 aromatic heterocycles. The maximum Gasteiger partial charge on any atom is 0.252 e. The summed E-state index contributed by atoms with van der Waals surface area (Å²) in [5, 5.41) is 0.0181. The van der Waals surface area contributed by atoms with E-state index in [0.29, 0.717) is 31.7 Å². The second-order valence-corrected chi connectivity index (χ2v) is 9.11. The molecule has 0 bridgehead atoms. The summed E-state index contributed by atoms with van der Waals surface area (Å²) in [6.07, 6.45) is 0.699. The van der Waals surface area contributed by atoms with Crippen molar-refractivity contribution in [3.05, 3.63) is 41.2 Å². The van der Waals surface area contributed by atoms with Crippen molar-refractivity contribution >= 4 is 33.0 Å². The molecule has 0 radical (unpaired) electrons. The van der Waals surface area contributed by atoms with Crippen LogP contribution in [0.4, 0.5) is 4.39 Å². The molecule has 130 valence electrons. The maximum atomic E-state index is 13.3. The molecule has 2 aromatic rings. The van der Waals surface area contributed by atoms with Crippen molar-refractivity contribution in [1.29, 1.82) is 0 Å². The minimum absolute atomic E-state index is 0.0181. The number of morpholine rings is 1. The number of ether oxygens (including phenoxy) is 1. The minimum atomic E-state index is -3.56. The molecule has 1 aliphatic heterocycles. The van der Waals surface area contributed by atoms with E-state index in [-0.39, 0.29) is 15.3 Å². The highest BCUT2D eigenvalue weighted by atomic mass is 35.5. The van der Waals surface area contributed by atoms with Gasteiger partial charge in [0.1, 0.15) is 10.0 Å². The third-order valence-corrected chi connectivity index (χ3v) is 7.84. The molecule has 0 unspecified atom stereocenters. The van der Waals surface area contributed by atoms with Crippen LogP contribution in [0.1, 0.15) is 13.3 Å². The van der Waals surface area contributed by atoms with Crippen LogP contribution >= 0.6 is 22.9 Å². The van der Waals surface area contributed by atoms with Crippen molar-refractivity contribution in [3.8, 4) is 10.4 Å². The van der Waals surface area contributed by atoms with Crippen molar-refractivity contribution in [2.24, 2.45) is 0 Å². The Bertz CT molecular complexity index is 838. The normalized spacial score (nSPS) is 19.5. The third-order valence-electron chi connectivity index (χ3n) is 3.99. The SMILES string of the molecule is CC[C@H]1COCCN1S(=O)(=O)c1ccc(-c2ccc(F)c(Cl)c2)s1. The zero-order chi connectivity index (χ0) is 17.3. The van der Waals surface area contributed by atoms with E-state index in [4.69, 9.17) is 16.3 Å². The molecule has 0 amide bonds. The monoisotopic (exact) mass is 389 g/mol. The van der Waals surface area contributed by atoms with Crippen molar-refractivity contribution in [2.75, 3.05) is 19.8 Å². The summed E-state index contributed by atoms with van der Waals surface area (Å²) in [4.78, 5) is 0.733. The van der Waals surface area contributed by atoms with Crippen LogP contribution in [-0.2, 0) is 14.8 Å². The summed E-state index contributed by atoms with van der Waals surface area (Å²) in [7, 11) is -3.56. The lowest BCUT2D eigenvalue weighted by Crippen LogP contribution is -2.48. The van der Waals surface area contributed by atoms with Crippen LogP contribution in [0.5, 0.6) is 0 Å². The second kappa shape index (κ2) is 7.09. The standard InChI is InChI=1S/C16H17ClFNO3S2/c1-2-12-10-22-8-7-19(12)24(20,21)16-6-5-15(23-16)11-3-4-14(18)13(17)9-11/h3-6,9,12H,2,7-8,10H2,1H3/t12-/m0/s1. The average Bonchev–Trinajstić information content (AvgIpc) is 3.08. The molecule has 1 atom stereocenters. The van der Waals surface area contributed by atoms with Crippen LogP contribution in [0.25, 0.3) is 10.4 Å². The van der Waals surface area contributed by atoms with E-state index in [1.807, 2.05) is 6.92 Å². The lowest BCUT2D eigenvalue weighted by atomic mass is 10.2. The Balaban J connectivity index is 1.92. The first-order valence-corrected chi connectivity index (χ1v) is 10.2. The zero-order valence-electron chi connectivity index (χ0n) is 13.0.